The molecule has 0 amide bonds. The summed E-state index contributed by atoms with van der Waals surface area (Å²) >= 11 is 1.74. The second kappa shape index (κ2) is 6.47. The molecule has 1 saturated carbocycles. The molecule has 0 heterocycles. The lowest BCUT2D eigenvalue weighted by atomic mass is 10.1. The monoisotopic (exact) mass is 314 g/mol. The third-order valence-electron chi connectivity index (χ3n) is 3.84. The van der Waals surface area contributed by atoms with Crippen molar-refractivity contribution in [3.63, 3.8) is 0 Å². The zero-order chi connectivity index (χ0) is 14.8. The Morgan fingerprint density at radius 3 is 2.80 bits per heavy atom. The molecule has 0 aromatic heterocycles. The van der Waals surface area contributed by atoms with Crippen LogP contribution >= 0.6 is 11.8 Å². The minimum absolute atomic E-state index is 0.0379. The van der Waals surface area contributed by atoms with E-state index in [0.717, 1.165) is 30.4 Å². The van der Waals surface area contributed by atoms with Gasteiger partial charge in [0.15, 0.2) is 0 Å². The van der Waals surface area contributed by atoms with Gasteiger partial charge in [-0.05, 0) is 43.2 Å². The lowest BCUT2D eigenvalue weighted by Crippen LogP contribution is -2.38. The molecule has 3 N–H and O–H groups in total. The third kappa shape index (κ3) is 3.36. The van der Waals surface area contributed by atoms with Crippen LogP contribution in [0.15, 0.2) is 23.1 Å². The molecule has 0 aliphatic heterocycles. The van der Waals surface area contributed by atoms with Crippen LogP contribution in [-0.2, 0) is 16.6 Å². The summed E-state index contributed by atoms with van der Waals surface area (Å²) in [7, 11) is -3.47. The van der Waals surface area contributed by atoms with Crippen LogP contribution in [-0.4, -0.2) is 26.0 Å². The lowest BCUT2D eigenvalue weighted by Gasteiger charge is -2.20. The van der Waals surface area contributed by atoms with Crippen molar-refractivity contribution in [3.8, 4) is 0 Å². The van der Waals surface area contributed by atoms with E-state index in [1.807, 2.05) is 25.3 Å². The van der Waals surface area contributed by atoms with Gasteiger partial charge in [0.2, 0.25) is 10.0 Å². The van der Waals surface area contributed by atoms with Crippen molar-refractivity contribution in [2.24, 2.45) is 5.73 Å². The van der Waals surface area contributed by atoms with Crippen LogP contribution in [0.1, 0.15) is 30.4 Å². The van der Waals surface area contributed by atoms with Crippen molar-refractivity contribution in [1.29, 1.82) is 0 Å². The van der Waals surface area contributed by atoms with Crippen LogP contribution in [0.2, 0.25) is 0 Å². The third-order valence-corrected chi connectivity index (χ3v) is 6.64. The quantitative estimate of drug-likeness (QED) is 0.872. The van der Waals surface area contributed by atoms with E-state index in [0.29, 0.717) is 16.7 Å². The van der Waals surface area contributed by atoms with Gasteiger partial charge in [0.25, 0.3) is 0 Å². The highest BCUT2D eigenvalue weighted by atomic mass is 32.2. The summed E-state index contributed by atoms with van der Waals surface area (Å²) < 4.78 is 28.0. The van der Waals surface area contributed by atoms with E-state index < -0.39 is 10.0 Å². The molecular formula is C14H22N2O2S2. The Bertz CT molecular complexity index is 573. The fourth-order valence-corrected chi connectivity index (χ4v) is 5.29. The van der Waals surface area contributed by atoms with Crippen molar-refractivity contribution in [2.75, 3.05) is 6.26 Å². The van der Waals surface area contributed by atoms with E-state index in [9.17, 15) is 8.42 Å². The first-order valence-corrected chi connectivity index (χ1v) is 9.59. The zero-order valence-electron chi connectivity index (χ0n) is 11.9. The van der Waals surface area contributed by atoms with Crippen LogP contribution in [0.25, 0.3) is 0 Å². The smallest absolute Gasteiger partial charge is 0.241 e. The van der Waals surface area contributed by atoms with Gasteiger partial charge in [0.1, 0.15) is 0 Å². The number of thioether (sulfide) groups is 1. The maximum Gasteiger partial charge on any atom is 0.241 e. The molecule has 6 heteroatoms. The Hall–Kier alpha value is -0.560. The molecule has 0 radical (unpaired) electrons. The molecule has 0 saturated heterocycles. The zero-order valence-corrected chi connectivity index (χ0v) is 13.6. The van der Waals surface area contributed by atoms with Crippen LogP contribution in [0, 0.1) is 6.92 Å². The van der Waals surface area contributed by atoms with Gasteiger partial charge in [0, 0.05) is 17.8 Å². The minimum atomic E-state index is -3.47. The molecule has 1 aliphatic carbocycles. The largest absolute Gasteiger partial charge is 0.326 e. The highest BCUT2D eigenvalue weighted by molar-refractivity contribution is 7.99. The standard InChI is InChI=1S/C14H22N2O2S2/c1-10-6-7-11(9-15)8-14(10)20(17,18)16-12-4-3-5-13(12)19-2/h6-8,12-13,16H,3-5,9,15H2,1-2H3. The molecule has 1 fully saturated rings. The molecule has 0 bridgehead atoms. The first kappa shape index (κ1) is 15.8. The van der Waals surface area contributed by atoms with Gasteiger partial charge in [-0.15, -0.1) is 0 Å². The van der Waals surface area contributed by atoms with Gasteiger partial charge in [-0.3, -0.25) is 0 Å². The fourth-order valence-electron chi connectivity index (χ4n) is 2.67. The first-order valence-electron chi connectivity index (χ1n) is 6.82. The number of hydrogen-bond acceptors (Lipinski definition) is 4. The van der Waals surface area contributed by atoms with E-state index in [1.165, 1.54) is 0 Å². The van der Waals surface area contributed by atoms with Crippen LogP contribution < -0.4 is 10.5 Å². The highest BCUT2D eigenvalue weighted by Crippen LogP contribution is 2.30. The van der Waals surface area contributed by atoms with Gasteiger partial charge in [0.05, 0.1) is 4.90 Å². The predicted molar refractivity (Wildman–Crippen MR) is 84.3 cm³/mol. The number of nitrogens with one attached hydrogen (secondary N) is 1. The Balaban J connectivity index is 2.26. The van der Waals surface area contributed by atoms with Gasteiger partial charge < -0.3 is 5.73 Å². The molecule has 1 aromatic rings. The van der Waals surface area contributed by atoms with Crippen molar-refractivity contribution in [1.82, 2.24) is 4.72 Å². The summed E-state index contributed by atoms with van der Waals surface area (Å²) in [5.41, 5.74) is 7.20. The fraction of sp³-hybridized carbons (Fsp3) is 0.571. The average Bonchev–Trinajstić information content (AvgIpc) is 2.85. The SMILES string of the molecule is CSC1CCCC1NS(=O)(=O)c1cc(CN)ccc1C. The topological polar surface area (TPSA) is 72.2 Å². The molecule has 1 aliphatic rings. The summed E-state index contributed by atoms with van der Waals surface area (Å²) in [5.74, 6) is 0. The second-order valence-corrected chi connectivity index (χ2v) is 8.00. The lowest BCUT2D eigenvalue weighted by molar-refractivity contribution is 0.554. The van der Waals surface area contributed by atoms with E-state index in [1.54, 1.807) is 17.8 Å². The minimum Gasteiger partial charge on any atom is -0.326 e. The normalized spacial score (nSPS) is 23.1. The van der Waals surface area contributed by atoms with Gasteiger partial charge in [-0.1, -0.05) is 18.6 Å². The summed E-state index contributed by atoms with van der Waals surface area (Å²) in [6.45, 7) is 2.16. The van der Waals surface area contributed by atoms with Crippen molar-refractivity contribution >= 4 is 21.8 Å². The summed E-state index contributed by atoms with van der Waals surface area (Å²) in [4.78, 5) is 0.354. The maximum absolute atomic E-state index is 12.6. The van der Waals surface area contributed by atoms with Crippen molar-refractivity contribution in [2.45, 2.75) is 48.9 Å². The molecule has 2 rings (SSSR count). The highest BCUT2D eigenvalue weighted by Gasteiger charge is 2.31. The summed E-state index contributed by atoms with van der Waals surface area (Å²) in [5, 5.41) is 0.378. The number of rotatable bonds is 5. The van der Waals surface area contributed by atoms with Gasteiger partial charge >= 0.3 is 0 Å². The second-order valence-electron chi connectivity index (χ2n) is 5.24. The van der Waals surface area contributed by atoms with Crippen molar-refractivity contribution in [3.05, 3.63) is 29.3 Å². The van der Waals surface area contributed by atoms with E-state index >= 15 is 0 Å². The van der Waals surface area contributed by atoms with E-state index in [-0.39, 0.29) is 6.04 Å². The Morgan fingerprint density at radius 2 is 2.15 bits per heavy atom. The van der Waals surface area contributed by atoms with E-state index in [2.05, 4.69) is 4.72 Å². The Labute approximate surface area is 125 Å². The molecule has 4 nitrogen and oxygen atoms in total. The number of aryl methyl sites for hydroxylation is 1. The van der Waals surface area contributed by atoms with E-state index in [4.69, 9.17) is 5.73 Å². The molecule has 2 unspecified atom stereocenters. The average molecular weight is 314 g/mol. The molecule has 0 spiro atoms. The summed E-state index contributed by atoms with van der Waals surface area (Å²) in [6.07, 6.45) is 5.12. The number of benzene rings is 1. The number of sulfonamides is 1. The Kier molecular flexibility index (Phi) is 5.12. The number of nitrogens with two attached hydrogens (primary N) is 1. The number of hydrogen-bond donors (Lipinski definition) is 2. The van der Waals surface area contributed by atoms with Crippen LogP contribution in [0.5, 0.6) is 0 Å². The first-order chi connectivity index (χ1) is 9.47. The molecular weight excluding hydrogens is 292 g/mol. The van der Waals surface area contributed by atoms with Gasteiger partial charge in [-0.2, -0.15) is 11.8 Å². The van der Waals surface area contributed by atoms with Crippen molar-refractivity contribution < 1.29 is 8.42 Å². The van der Waals surface area contributed by atoms with Gasteiger partial charge in [-0.25, -0.2) is 13.1 Å². The Morgan fingerprint density at radius 1 is 1.40 bits per heavy atom. The van der Waals surface area contributed by atoms with Crippen LogP contribution in [0.3, 0.4) is 0 Å². The molecule has 20 heavy (non-hydrogen) atoms. The van der Waals surface area contributed by atoms with Crippen LogP contribution in [0.4, 0.5) is 0 Å². The molecule has 1 aromatic carbocycles. The summed E-state index contributed by atoms with van der Waals surface area (Å²) in [6, 6.07) is 5.41. The predicted octanol–water partition coefficient (Wildman–Crippen LogP) is 2.02. The molecule has 2 atom stereocenters. The maximum atomic E-state index is 12.6. The molecule has 112 valence electrons.